The molecule has 37 heavy (non-hydrogen) atoms. The number of nitrogens with one attached hydrogen (secondary N) is 1. The number of quaternary nitrogens is 1. The van der Waals surface area contributed by atoms with Gasteiger partial charge in [0.15, 0.2) is 5.78 Å². The predicted octanol–water partition coefficient (Wildman–Crippen LogP) is 4.21. The fourth-order valence-corrected chi connectivity index (χ4v) is 6.59. The molecule has 2 atom stereocenters. The van der Waals surface area contributed by atoms with Gasteiger partial charge in [-0.05, 0) is 61.5 Å². The highest BCUT2D eigenvalue weighted by Crippen LogP contribution is 2.38. The number of rotatable bonds is 7. The summed E-state index contributed by atoms with van der Waals surface area (Å²) in [6.07, 6.45) is 7.54. The van der Waals surface area contributed by atoms with Gasteiger partial charge in [0.2, 0.25) is 0 Å². The van der Waals surface area contributed by atoms with Crippen molar-refractivity contribution in [3.63, 3.8) is 0 Å². The molecule has 1 aromatic heterocycles. The largest absolute Gasteiger partial charge is 0.491 e. The lowest BCUT2D eigenvalue weighted by Crippen LogP contribution is -2.56. The Morgan fingerprint density at radius 3 is 2.70 bits per heavy atom. The van der Waals surface area contributed by atoms with Gasteiger partial charge in [0.05, 0.1) is 24.8 Å². The van der Waals surface area contributed by atoms with Gasteiger partial charge in [-0.25, -0.2) is 0 Å². The van der Waals surface area contributed by atoms with E-state index in [1.807, 2.05) is 36.4 Å². The lowest BCUT2D eigenvalue weighted by Gasteiger charge is -2.40. The second kappa shape index (κ2) is 10.0. The Morgan fingerprint density at radius 2 is 1.97 bits per heavy atom. The summed E-state index contributed by atoms with van der Waals surface area (Å²) >= 11 is 0. The van der Waals surface area contributed by atoms with Gasteiger partial charge in [-0.1, -0.05) is 0 Å². The van der Waals surface area contributed by atoms with Gasteiger partial charge in [0.1, 0.15) is 24.1 Å². The fourth-order valence-electron chi connectivity index (χ4n) is 6.59. The Kier molecular flexibility index (Phi) is 6.61. The number of aromatic nitrogens is 1. The highest BCUT2D eigenvalue weighted by Gasteiger charge is 2.45. The molecule has 0 saturated carbocycles. The van der Waals surface area contributed by atoms with Gasteiger partial charge in [-0.3, -0.25) is 18.6 Å². The van der Waals surface area contributed by atoms with E-state index in [4.69, 9.17) is 9.47 Å². The third kappa shape index (κ3) is 4.49. The maximum Gasteiger partial charge on any atom is 0.262 e. The van der Waals surface area contributed by atoms with Gasteiger partial charge >= 0.3 is 0 Å². The van der Waals surface area contributed by atoms with E-state index in [1.54, 1.807) is 17.7 Å². The Bertz CT molecular complexity index is 1360. The second-order valence-electron chi connectivity index (χ2n) is 10.8. The van der Waals surface area contributed by atoms with Crippen molar-refractivity contribution in [3.8, 4) is 11.4 Å². The molecule has 2 aromatic carbocycles. The lowest BCUT2D eigenvalue weighted by molar-refractivity contribution is 0.0680. The molecule has 0 spiro atoms. The molecule has 3 aliphatic heterocycles. The number of carbonyl (C=O) groups is 1. The quantitative estimate of drug-likeness (QED) is 0.387. The van der Waals surface area contributed by atoms with Crippen LogP contribution in [0, 0.1) is 0 Å². The van der Waals surface area contributed by atoms with Gasteiger partial charge in [-0.15, -0.1) is 0 Å². The predicted molar refractivity (Wildman–Crippen MR) is 146 cm³/mol. The van der Waals surface area contributed by atoms with Crippen LogP contribution in [0.1, 0.15) is 49.4 Å². The topological polar surface area (TPSA) is 69.6 Å². The van der Waals surface area contributed by atoms with Crippen LogP contribution >= 0.6 is 0 Å². The molecule has 4 heterocycles. The van der Waals surface area contributed by atoms with E-state index in [9.17, 15) is 9.59 Å². The van der Waals surface area contributed by atoms with Crippen LogP contribution in [0.15, 0.2) is 53.5 Å². The first kappa shape index (κ1) is 24.3. The van der Waals surface area contributed by atoms with Crippen molar-refractivity contribution in [3.05, 3.63) is 64.6 Å². The maximum atomic E-state index is 13.5. The van der Waals surface area contributed by atoms with E-state index in [0.29, 0.717) is 18.0 Å². The number of Topliss-reactive ketones (excluding diaryl/α,β-unsaturated/α-hetero) is 1. The van der Waals surface area contributed by atoms with Crippen LogP contribution < -0.4 is 20.1 Å². The first-order valence-electron chi connectivity index (χ1n) is 13.7. The molecule has 3 fully saturated rings. The molecule has 0 amide bonds. The zero-order chi connectivity index (χ0) is 25.4. The van der Waals surface area contributed by atoms with Crippen LogP contribution in [0.3, 0.4) is 0 Å². The standard InChI is InChI=1S/C30H36N3O4/c1-21(34)28-18-23(6-9-29(28)33(14-2-3-15-33)24-10-12-31-19-24)32-13-11-22-17-25(7-8-27(22)30(32)35)37-20-26-5-4-16-36-26/h6-9,11,13,17-18,24,26,31H,2-5,10,12,14-16,19-20H2,1H3/q+1/t24-,26-/m1/s1. The van der Waals surface area contributed by atoms with E-state index in [-0.39, 0.29) is 17.4 Å². The number of carbonyl (C=O) groups excluding carboxylic acids is 1. The number of ketones is 1. The minimum Gasteiger partial charge on any atom is -0.491 e. The van der Waals surface area contributed by atoms with Crippen LogP contribution in [0.5, 0.6) is 5.75 Å². The number of hydrogen-bond acceptors (Lipinski definition) is 5. The van der Waals surface area contributed by atoms with E-state index >= 15 is 0 Å². The Labute approximate surface area is 217 Å². The highest BCUT2D eigenvalue weighted by molar-refractivity contribution is 6.00. The first-order chi connectivity index (χ1) is 18.0. The van der Waals surface area contributed by atoms with E-state index in [0.717, 1.165) is 84.6 Å². The molecule has 7 nitrogen and oxygen atoms in total. The molecule has 1 N–H and O–H groups in total. The van der Waals surface area contributed by atoms with Crippen LogP contribution in [0.2, 0.25) is 0 Å². The van der Waals surface area contributed by atoms with Crippen molar-refractivity contribution >= 4 is 22.2 Å². The number of likely N-dealkylation sites (tertiary alicyclic amines) is 1. The summed E-state index contributed by atoms with van der Waals surface area (Å²) < 4.78 is 14.1. The monoisotopic (exact) mass is 502 g/mol. The lowest BCUT2D eigenvalue weighted by atomic mass is 10.0. The summed E-state index contributed by atoms with van der Waals surface area (Å²) in [5.41, 5.74) is 2.47. The number of hydrogen-bond donors (Lipinski definition) is 1. The molecular weight excluding hydrogens is 466 g/mol. The summed E-state index contributed by atoms with van der Waals surface area (Å²) in [6, 6.07) is 14.1. The SMILES string of the molecule is CC(=O)c1cc(-n2ccc3cc(OC[C@H]4CCCO4)ccc3c2=O)ccc1[N+]1([C@@H]2CCNC2)CCCC1. The van der Waals surface area contributed by atoms with Crippen molar-refractivity contribution in [2.45, 2.75) is 51.2 Å². The molecule has 6 rings (SSSR count). The smallest absolute Gasteiger partial charge is 0.262 e. The summed E-state index contributed by atoms with van der Waals surface area (Å²) in [7, 11) is 0. The van der Waals surface area contributed by atoms with Crippen LogP contribution in [0.25, 0.3) is 16.5 Å². The number of nitrogens with zero attached hydrogens (tertiary/aromatic N) is 2. The zero-order valence-electron chi connectivity index (χ0n) is 21.6. The Balaban J connectivity index is 1.34. The van der Waals surface area contributed by atoms with E-state index < -0.39 is 0 Å². The molecule has 3 aromatic rings. The Hall–Kier alpha value is -3.00. The summed E-state index contributed by atoms with van der Waals surface area (Å²) in [5, 5.41) is 4.98. The minimum atomic E-state index is -0.101. The van der Waals surface area contributed by atoms with E-state index in [1.165, 1.54) is 12.8 Å². The summed E-state index contributed by atoms with van der Waals surface area (Å²) in [6.45, 7) is 7.13. The van der Waals surface area contributed by atoms with Gasteiger partial charge in [0.25, 0.3) is 5.56 Å². The van der Waals surface area contributed by atoms with Crippen LogP contribution in [0.4, 0.5) is 5.69 Å². The number of benzene rings is 2. The molecule has 3 saturated heterocycles. The maximum absolute atomic E-state index is 13.5. The Morgan fingerprint density at radius 1 is 1.11 bits per heavy atom. The molecule has 0 bridgehead atoms. The first-order valence-corrected chi connectivity index (χ1v) is 13.7. The molecule has 0 radical (unpaired) electrons. The number of pyridine rings is 1. The average molecular weight is 503 g/mol. The van der Waals surface area contributed by atoms with E-state index in [2.05, 4.69) is 11.4 Å². The molecule has 3 aliphatic rings. The fraction of sp³-hybridized carbons (Fsp3) is 0.467. The normalized spacial score (nSPS) is 23.1. The van der Waals surface area contributed by atoms with Crippen molar-refractivity contribution in [1.82, 2.24) is 14.4 Å². The zero-order valence-corrected chi connectivity index (χ0v) is 21.6. The van der Waals surface area contributed by atoms with Gasteiger partial charge in [0, 0.05) is 62.3 Å². The number of fused-ring (bicyclic) bond motifs is 1. The summed E-state index contributed by atoms with van der Waals surface area (Å²) in [4.78, 5) is 26.4. The molecule has 7 heteroatoms. The number of ether oxygens (including phenoxy) is 2. The molecular formula is C30H36N3O4+. The second-order valence-corrected chi connectivity index (χ2v) is 10.8. The van der Waals surface area contributed by atoms with Crippen molar-refractivity contribution < 1.29 is 14.3 Å². The molecule has 194 valence electrons. The van der Waals surface area contributed by atoms with Crippen molar-refractivity contribution in [1.29, 1.82) is 0 Å². The minimum absolute atomic E-state index is 0.0501. The highest BCUT2D eigenvalue weighted by atomic mass is 16.5. The third-order valence-electron chi connectivity index (χ3n) is 8.55. The van der Waals surface area contributed by atoms with Gasteiger partial charge in [-0.2, -0.15) is 0 Å². The van der Waals surface area contributed by atoms with Crippen molar-refractivity contribution in [2.75, 3.05) is 39.4 Å². The summed E-state index contributed by atoms with van der Waals surface area (Å²) in [5.74, 6) is 0.790. The molecule has 0 unspecified atom stereocenters. The van der Waals surface area contributed by atoms with Crippen LogP contribution in [-0.4, -0.2) is 61.9 Å². The third-order valence-corrected chi connectivity index (χ3v) is 8.55. The van der Waals surface area contributed by atoms with Crippen LogP contribution in [-0.2, 0) is 4.74 Å². The molecule has 0 aliphatic carbocycles. The van der Waals surface area contributed by atoms with Gasteiger partial charge < -0.3 is 14.8 Å². The average Bonchev–Trinajstić information content (AvgIpc) is 3.70. The van der Waals surface area contributed by atoms with Crippen molar-refractivity contribution in [2.24, 2.45) is 0 Å².